The van der Waals surface area contributed by atoms with Gasteiger partial charge in [-0.25, -0.2) is 0 Å². The lowest BCUT2D eigenvalue weighted by atomic mass is 10.1. The lowest BCUT2D eigenvalue weighted by Gasteiger charge is -2.32. The summed E-state index contributed by atoms with van der Waals surface area (Å²) in [7, 11) is 0. The number of nitrogens with zero attached hydrogens (tertiary/aromatic N) is 2. The van der Waals surface area contributed by atoms with E-state index in [1.54, 1.807) is 0 Å². The third-order valence-corrected chi connectivity index (χ3v) is 4.97. The number of piperidine rings is 1. The van der Waals surface area contributed by atoms with Crippen molar-refractivity contribution in [3.8, 4) is 0 Å². The fourth-order valence-corrected chi connectivity index (χ4v) is 3.74. The van der Waals surface area contributed by atoms with Crippen LogP contribution >= 0.6 is 11.6 Å². The number of hydrogen-bond acceptors (Lipinski definition) is 3. The van der Waals surface area contributed by atoms with Crippen molar-refractivity contribution < 1.29 is 0 Å². The Bertz CT molecular complexity index is 445. The van der Waals surface area contributed by atoms with Crippen molar-refractivity contribution in [3.05, 3.63) is 29.3 Å². The van der Waals surface area contributed by atoms with Crippen LogP contribution < -0.4 is 5.32 Å². The Morgan fingerprint density at radius 1 is 1.14 bits per heavy atom. The van der Waals surface area contributed by atoms with E-state index in [2.05, 4.69) is 21.2 Å². The summed E-state index contributed by atoms with van der Waals surface area (Å²) in [4.78, 5) is 5.31. The van der Waals surface area contributed by atoms with Crippen molar-refractivity contribution in [1.29, 1.82) is 0 Å². The highest BCUT2D eigenvalue weighted by atomic mass is 35.5. The standard InChI is InChI=1S/C17H26ClN3/c18-15-5-4-6-16(13-15)19-8-12-20-11-7-17(14-20)21-9-2-1-3-10-21/h4-6,13,17,19H,1-3,7-12,14H2. The predicted molar refractivity (Wildman–Crippen MR) is 90.2 cm³/mol. The predicted octanol–water partition coefficient (Wildman–Crippen LogP) is 3.31. The fourth-order valence-electron chi connectivity index (χ4n) is 3.55. The van der Waals surface area contributed by atoms with Crippen LogP contribution in [0.2, 0.25) is 5.02 Å². The lowest BCUT2D eigenvalue weighted by Crippen LogP contribution is -2.41. The number of likely N-dealkylation sites (tertiary alicyclic amines) is 2. The molecule has 0 spiro atoms. The Morgan fingerprint density at radius 3 is 2.81 bits per heavy atom. The molecule has 21 heavy (non-hydrogen) atoms. The molecule has 0 aliphatic carbocycles. The van der Waals surface area contributed by atoms with Crippen LogP contribution in [0.25, 0.3) is 0 Å². The van der Waals surface area contributed by atoms with Gasteiger partial charge >= 0.3 is 0 Å². The van der Waals surface area contributed by atoms with Gasteiger partial charge in [0.05, 0.1) is 0 Å². The molecule has 2 saturated heterocycles. The van der Waals surface area contributed by atoms with Crippen LogP contribution in [0.5, 0.6) is 0 Å². The van der Waals surface area contributed by atoms with E-state index in [-0.39, 0.29) is 0 Å². The fraction of sp³-hybridized carbons (Fsp3) is 0.647. The summed E-state index contributed by atoms with van der Waals surface area (Å²) in [5, 5.41) is 4.26. The molecule has 2 aliphatic heterocycles. The third-order valence-electron chi connectivity index (χ3n) is 4.74. The van der Waals surface area contributed by atoms with Crippen molar-refractivity contribution in [3.63, 3.8) is 0 Å². The molecule has 2 fully saturated rings. The molecule has 0 amide bonds. The normalized spacial score (nSPS) is 24.3. The summed E-state index contributed by atoms with van der Waals surface area (Å²) < 4.78 is 0. The average molecular weight is 308 g/mol. The molecule has 0 radical (unpaired) electrons. The van der Waals surface area contributed by atoms with Crippen LogP contribution in [-0.4, -0.2) is 55.1 Å². The molecule has 116 valence electrons. The van der Waals surface area contributed by atoms with E-state index in [9.17, 15) is 0 Å². The summed E-state index contributed by atoms with van der Waals surface area (Å²) in [6.45, 7) is 7.25. The molecule has 1 unspecified atom stereocenters. The molecule has 3 nitrogen and oxygen atoms in total. The van der Waals surface area contributed by atoms with Gasteiger partial charge in [-0.3, -0.25) is 9.80 Å². The zero-order valence-electron chi connectivity index (χ0n) is 12.7. The Kier molecular flexibility index (Phi) is 5.39. The first-order valence-corrected chi connectivity index (χ1v) is 8.65. The van der Waals surface area contributed by atoms with E-state index in [4.69, 9.17) is 11.6 Å². The molecular weight excluding hydrogens is 282 g/mol. The Hall–Kier alpha value is -0.770. The molecule has 1 aromatic rings. The number of benzene rings is 1. The molecule has 2 heterocycles. The van der Waals surface area contributed by atoms with Crippen molar-refractivity contribution in [2.45, 2.75) is 31.7 Å². The lowest BCUT2D eigenvalue weighted by molar-refractivity contribution is 0.163. The van der Waals surface area contributed by atoms with Crippen LogP contribution in [0.15, 0.2) is 24.3 Å². The van der Waals surface area contributed by atoms with E-state index < -0.39 is 0 Å². The topological polar surface area (TPSA) is 18.5 Å². The second-order valence-corrected chi connectivity index (χ2v) is 6.71. The van der Waals surface area contributed by atoms with Gasteiger partial charge < -0.3 is 5.32 Å². The van der Waals surface area contributed by atoms with E-state index in [0.29, 0.717) is 0 Å². The van der Waals surface area contributed by atoms with Crippen LogP contribution in [0.4, 0.5) is 5.69 Å². The molecule has 1 aromatic carbocycles. The first-order chi connectivity index (χ1) is 10.3. The van der Waals surface area contributed by atoms with Gasteiger partial charge in [0, 0.05) is 36.4 Å². The van der Waals surface area contributed by atoms with Crippen molar-refractivity contribution in [2.75, 3.05) is 44.6 Å². The summed E-state index contributed by atoms with van der Waals surface area (Å²) >= 11 is 6.00. The van der Waals surface area contributed by atoms with Gasteiger partial charge in [-0.15, -0.1) is 0 Å². The maximum absolute atomic E-state index is 6.00. The van der Waals surface area contributed by atoms with E-state index in [0.717, 1.165) is 29.8 Å². The van der Waals surface area contributed by atoms with E-state index in [1.165, 1.54) is 51.9 Å². The number of nitrogens with one attached hydrogen (secondary N) is 1. The monoisotopic (exact) mass is 307 g/mol. The average Bonchev–Trinajstić information content (AvgIpc) is 2.97. The molecular formula is C17H26ClN3. The first kappa shape index (κ1) is 15.1. The number of anilines is 1. The Labute approximate surface area is 133 Å². The minimum absolute atomic E-state index is 0.798. The van der Waals surface area contributed by atoms with Gasteiger partial charge in [0.2, 0.25) is 0 Å². The number of halogens is 1. The zero-order valence-corrected chi connectivity index (χ0v) is 13.5. The quantitative estimate of drug-likeness (QED) is 0.900. The van der Waals surface area contributed by atoms with Crippen molar-refractivity contribution in [1.82, 2.24) is 9.80 Å². The summed E-state index contributed by atoms with van der Waals surface area (Å²) in [6.07, 6.45) is 5.56. The van der Waals surface area contributed by atoms with Crippen LogP contribution in [-0.2, 0) is 0 Å². The highest BCUT2D eigenvalue weighted by molar-refractivity contribution is 6.30. The van der Waals surface area contributed by atoms with Crippen LogP contribution in [0, 0.1) is 0 Å². The Morgan fingerprint density at radius 2 is 2.00 bits per heavy atom. The first-order valence-electron chi connectivity index (χ1n) is 8.27. The van der Waals surface area contributed by atoms with E-state index >= 15 is 0 Å². The molecule has 0 saturated carbocycles. The minimum atomic E-state index is 0.798. The number of hydrogen-bond donors (Lipinski definition) is 1. The molecule has 0 bridgehead atoms. The highest BCUT2D eigenvalue weighted by Crippen LogP contribution is 2.20. The molecule has 3 rings (SSSR count). The summed E-state index contributed by atoms with van der Waals surface area (Å²) in [5.74, 6) is 0. The second-order valence-electron chi connectivity index (χ2n) is 6.28. The zero-order chi connectivity index (χ0) is 14.5. The van der Waals surface area contributed by atoms with Crippen molar-refractivity contribution >= 4 is 17.3 Å². The highest BCUT2D eigenvalue weighted by Gasteiger charge is 2.27. The van der Waals surface area contributed by atoms with E-state index in [1.807, 2.05) is 18.2 Å². The van der Waals surface area contributed by atoms with Gasteiger partial charge in [-0.1, -0.05) is 24.1 Å². The summed E-state index contributed by atoms with van der Waals surface area (Å²) in [5.41, 5.74) is 1.12. The van der Waals surface area contributed by atoms with Gasteiger partial charge in [-0.05, 0) is 57.1 Å². The largest absolute Gasteiger partial charge is 0.384 e. The van der Waals surface area contributed by atoms with Crippen molar-refractivity contribution in [2.24, 2.45) is 0 Å². The molecule has 2 aliphatic rings. The molecule has 1 N–H and O–H groups in total. The van der Waals surface area contributed by atoms with Crippen LogP contribution in [0.1, 0.15) is 25.7 Å². The SMILES string of the molecule is Clc1cccc(NCCN2CCC(N3CCCCC3)C2)c1. The molecule has 0 aromatic heterocycles. The third kappa shape index (κ3) is 4.35. The number of rotatable bonds is 5. The summed E-state index contributed by atoms with van der Waals surface area (Å²) in [6, 6.07) is 8.77. The van der Waals surface area contributed by atoms with Gasteiger partial charge in [0.25, 0.3) is 0 Å². The molecule has 4 heteroatoms. The minimum Gasteiger partial charge on any atom is -0.384 e. The second kappa shape index (κ2) is 7.48. The molecule has 1 atom stereocenters. The maximum Gasteiger partial charge on any atom is 0.0426 e. The van der Waals surface area contributed by atoms with Gasteiger partial charge in [0.1, 0.15) is 0 Å². The smallest absolute Gasteiger partial charge is 0.0426 e. The Balaban J connectivity index is 1.38. The van der Waals surface area contributed by atoms with Gasteiger partial charge in [-0.2, -0.15) is 0 Å². The maximum atomic E-state index is 6.00. The van der Waals surface area contributed by atoms with Crippen LogP contribution in [0.3, 0.4) is 0 Å². The van der Waals surface area contributed by atoms with Gasteiger partial charge in [0.15, 0.2) is 0 Å².